The predicted molar refractivity (Wildman–Crippen MR) is 57.5 cm³/mol. The van der Waals surface area contributed by atoms with Crippen LogP contribution < -0.4 is 0 Å². The van der Waals surface area contributed by atoms with Crippen LogP contribution in [0.5, 0.6) is 0 Å². The zero-order valence-corrected chi connectivity index (χ0v) is 8.66. The van der Waals surface area contributed by atoms with Gasteiger partial charge < -0.3 is 4.74 Å². The molecule has 1 aromatic carbocycles. The minimum absolute atomic E-state index is 0.266. The normalized spacial score (nSPS) is 14.8. The maximum absolute atomic E-state index is 11.9. The minimum Gasteiger partial charge on any atom is -0.356 e. The molecule has 0 radical (unpaired) electrons. The Bertz CT molecular complexity index is 481. The molecule has 0 aliphatic heterocycles. The number of hydrogen-bond acceptors (Lipinski definition) is 1. The fraction of sp³-hybridized carbons (Fsp3) is 0.0769. The highest BCUT2D eigenvalue weighted by atomic mass is 19.4. The highest BCUT2D eigenvalue weighted by molar-refractivity contribution is 5.75. The quantitative estimate of drug-likeness (QED) is 0.709. The van der Waals surface area contributed by atoms with Crippen molar-refractivity contribution in [2.75, 3.05) is 0 Å². The number of hydrogen-bond donors (Lipinski definition) is 0. The molecule has 0 heterocycles. The lowest BCUT2D eigenvalue weighted by molar-refractivity contribution is -0.303. The first-order valence-electron chi connectivity index (χ1n) is 4.87. The van der Waals surface area contributed by atoms with Gasteiger partial charge in [0.15, 0.2) is 5.57 Å². The third kappa shape index (κ3) is 3.20. The van der Waals surface area contributed by atoms with Crippen molar-refractivity contribution in [2.45, 2.75) is 6.36 Å². The average Bonchev–Trinajstić information content (AvgIpc) is 2.29. The summed E-state index contributed by atoms with van der Waals surface area (Å²) in [4.78, 5) is 0. The number of alkyl halides is 3. The van der Waals surface area contributed by atoms with Crippen LogP contribution in [0.15, 0.2) is 54.3 Å². The first-order valence-corrected chi connectivity index (χ1v) is 4.87. The Balaban J connectivity index is 2.15. The fourth-order valence-corrected chi connectivity index (χ4v) is 1.40. The molecule has 17 heavy (non-hydrogen) atoms. The van der Waals surface area contributed by atoms with Gasteiger partial charge in [0.25, 0.3) is 0 Å². The molecular weight excluding hydrogens is 229 g/mol. The van der Waals surface area contributed by atoms with Crippen LogP contribution in [0.4, 0.5) is 13.2 Å². The van der Waals surface area contributed by atoms with E-state index >= 15 is 0 Å². The third-order valence-electron chi connectivity index (χ3n) is 2.10. The second-order valence-electron chi connectivity index (χ2n) is 3.35. The van der Waals surface area contributed by atoms with Crippen LogP contribution in [0.3, 0.4) is 0 Å². The second kappa shape index (κ2) is 4.44. The maximum atomic E-state index is 11.9. The van der Waals surface area contributed by atoms with E-state index in [9.17, 15) is 13.2 Å². The fourth-order valence-electron chi connectivity index (χ4n) is 1.40. The Hall–Kier alpha value is -2.06. The Kier molecular flexibility index (Phi) is 2.98. The smallest absolute Gasteiger partial charge is 0.356 e. The van der Waals surface area contributed by atoms with Crippen molar-refractivity contribution >= 4 is 5.57 Å². The predicted octanol–water partition coefficient (Wildman–Crippen LogP) is 3.86. The number of ether oxygens (including phenoxy) is 1. The molecule has 86 valence electrons. The van der Waals surface area contributed by atoms with E-state index in [0.29, 0.717) is 0 Å². The molecule has 1 aliphatic rings. The number of rotatable bonds is 2. The molecule has 0 saturated carbocycles. The molecule has 0 aromatic heterocycles. The van der Waals surface area contributed by atoms with Crippen LogP contribution in [0.25, 0.3) is 5.57 Å². The van der Waals surface area contributed by atoms with Gasteiger partial charge in [-0.2, -0.15) is 0 Å². The summed E-state index contributed by atoms with van der Waals surface area (Å²) in [6, 6.07) is 9.28. The van der Waals surface area contributed by atoms with Crippen molar-refractivity contribution in [2.24, 2.45) is 0 Å². The van der Waals surface area contributed by atoms with Gasteiger partial charge in [-0.1, -0.05) is 18.2 Å². The van der Waals surface area contributed by atoms with Crippen LogP contribution in [0.1, 0.15) is 5.56 Å². The standard InChI is InChI=1S/C13H8F3O/c14-13(15,16)17-12-8-6-11(7-9-12)10-4-2-1-3-5-10/h1-6,8-9H/q+1. The Morgan fingerprint density at radius 1 is 1.00 bits per heavy atom. The molecule has 0 fully saturated rings. The van der Waals surface area contributed by atoms with E-state index in [2.05, 4.69) is 10.8 Å². The topological polar surface area (TPSA) is 9.23 Å². The molecule has 2 rings (SSSR count). The first-order chi connectivity index (χ1) is 8.04. The summed E-state index contributed by atoms with van der Waals surface area (Å²) in [6.45, 7) is 0. The Labute approximate surface area is 96.5 Å². The lowest BCUT2D eigenvalue weighted by Gasteiger charge is -2.06. The van der Waals surface area contributed by atoms with Crippen molar-refractivity contribution in [3.05, 3.63) is 66.0 Å². The summed E-state index contributed by atoms with van der Waals surface area (Å²) in [5.74, 6) is -0.266. The van der Waals surface area contributed by atoms with Gasteiger partial charge in [0, 0.05) is 12.2 Å². The van der Waals surface area contributed by atoms with Gasteiger partial charge in [0.1, 0.15) is 6.08 Å². The van der Waals surface area contributed by atoms with Gasteiger partial charge in [-0.15, -0.1) is 13.2 Å². The minimum atomic E-state index is -4.66. The second-order valence-corrected chi connectivity index (χ2v) is 3.35. The lowest BCUT2D eigenvalue weighted by atomic mass is 10.0. The molecule has 1 aliphatic carbocycles. The molecule has 0 amide bonds. The molecule has 0 bridgehead atoms. The van der Waals surface area contributed by atoms with E-state index in [1.807, 2.05) is 30.3 Å². The van der Waals surface area contributed by atoms with Crippen LogP contribution in [-0.4, -0.2) is 6.36 Å². The molecule has 0 saturated heterocycles. The summed E-state index contributed by atoms with van der Waals surface area (Å²) in [5.41, 5.74) is 1.62. The summed E-state index contributed by atoms with van der Waals surface area (Å²) in [6.07, 6.45) is 2.07. The zero-order chi connectivity index (χ0) is 12.3. The molecule has 4 heteroatoms. The van der Waals surface area contributed by atoms with Crippen LogP contribution in [-0.2, 0) is 4.74 Å². The molecule has 0 N–H and O–H groups in total. The maximum Gasteiger partial charge on any atom is 0.582 e. The van der Waals surface area contributed by atoms with Gasteiger partial charge in [-0.05, 0) is 12.1 Å². The van der Waals surface area contributed by atoms with E-state index in [-0.39, 0.29) is 5.76 Å². The van der Waals surface area contributed by atoms with E-state index in [4.69, 9.17) is 0 Å². The molecule has 0 unspecified atom stereocenters. The Morgan fingerprint density at radius 3 is 2.24 bits per heavy atom. The molecule has 0 atom stereocenters. The first kappa shape index (κ1) is 11.4. The van der Waals surface area contributed by atoms with Gasteiger partial charge in [-0.3, -0.25) is 0 Å². The summed E-state index contributed by atoms with van der Waals surface area (Å²) in [7, 11) is 0. The van der Waals surface area contributed by atoms with Crippen molar-refractivity contribution < 1.29 is 17.9 Å². The Morgan fingerprint density at radius 2 is 1.71 bits per heavy atom. The van der Waals surface area contributed by atoms with Gasteiger partial charge in [-0.25, -0.2) is 0 Å². The van der Waals surface area contributed by atoms with Crippen molar-refractivity contribution in [3.8, 4) is 0 Å². The molecular formula is C13H8F3O+. The molecule has 1 aromatic rings. The van der Waals surface area contributed by atoms with Crippen molar-refractivity contribution in [1.29, 1.82) is 0 Å². The van der Waals surface area contributed by atoms with Gasteiger partial charge in [0.05, 0.1) is 11.6 Å². The highest BCUT2D eigenvalue weighted by Gasteiger charge is 2.34. The summed E-state index contributed by atoms with van der Waals surface area (Å²) < 4.78 is 39.5. The van der Waals surface area contributed by atoms with Gasteiger partial charge in [0.2, 0.25) is 5.76 Å². The van der Waals surface area contributed by atoms with Crippen LogP contribution in [0.2, 0.25) is 0 Å². The number of halogens is 3. The number of allylic oxidation sites excluding steroid dienone is 5. The molecule has 0 spiro atoms. The molecule has 1 nitrogen and oxygen atoms in total. The lowest BCUT2D eigenvalue weighted by Crippen LogP contribution is -2.12. The van der Waals surface area contributed by atoms with Crippen molar-refractivity contribution in [3.63, 3.8) is 0 Å². The summed E-state index contributed by atoms with van der Waals surface area (Å²) in [5, 5.41) is 0. The largest absolute Gasteiger partial charge is 0.582 e. The summed E-state index contributed by atoms with van der Waals surface area (Å²) >= 11 is 0. The van der Waals surface area contributed by atoms with E-state index in [1.54, 1.807) is 0 Å². The highest BCUT2D eigenvalue weighted by Crippen LogP contribution is 2.25. The van der Waals surface area contributed by atoms with Gasteiger partial charge >= 0.3 is 6.36 Å². The zero-order valence-electron chi connectivity index (χ0n) is 8.66. The average molecular weight is 237 g/mol. The number of benzene rings is 1. The van der Waals surface area contributed by atoms with Crippen LogP contribution in [0, 0.1) is 6.08 Å². The van der Waals surface area contributed by atoms with Crippen LogP contribution >= 0.6 is 0 Å². The third-order valence-corrected chi connectivity index (χ3v) is 2.10. The SMILES string of the molecule is FC(F)(F)OC1=C[C+]=C(c2ccccc2)C=C1. The van der Waals surface area contributed by atoms with E-state index in [0.717, 1.165) is 11.1 Å². The van der Waals surface area contributed by atoms with E-state index < -0.39 is 6.36 Å². The van der Waals surface area contributed by atoms with E-state index in [1.165, 1.54) is 18.2 Å². The van der Waals surface area contributed by atoms with Crippen molar-refractivity contribution in [1.82, 2.24) is 0 Å². The monoisotopic (exact) mass is 237 g/mol.